The number of anilines is 1. The number of para-hydroxylation sites is 1. The predicted molar refractivity (Wildman–Crippen MR) is 125 cm³/mol. The number of thioether (sulfide) groups is 1. The van der Waals surface area contributed by atoms with Crippen molar-refractivity contribution in [2.45, 2.75) is 37.9 Å². The predicted octanol–water partition coefficient (Wildman–Crippen LogP) is 3.24. The van der Waals surface area contributed by atoms with E-state index in [2.05, 4.69) is 34.6 Å². The molecular weight excluding hydrogens is 422 g/mol. The van der Waals surface area contributed by atoms with Crippen molar-refractivity contribution in [3.8, 4) is 0 Å². The number of aryl methyl sites for hydroxylation is 1. The fraction of sp³-hybridized carbons (Fsp3) is 0.333. The molecule has 7 nitrogen and oxygen atoms in total. The summed E-state index contributed by atoms with van der Waals surface area (Å²) in [6.45, 7) is 3.44. The molecule has 1 N–H and O–H groups in total. The van der Waals surface area contributed by atoms with Gasteiger partial charge in [0.2, 0.25) is 11.8 Å². The highest BCUT2D eigenvalue weighted by atomic mass is 32.2. The van der Waals surface area contributed by atoms with Crippen LogP contribution in [-0.2, 0) is 42.4 Å². The zero-order chi connectivity index (χ0) is 22.5. The third kappa shape index (κ3) is 5.02. The summed E-state index contributed by atoms with van der Waals surface area (Å²) in [7, 11) is 1.83. The summed E-state index contributed by atoms with van der Waals surface area (Å²) < 4.78 is 1.79. The Hall–Kier alpha value is -3.13. The fourth-order valence-electron chi connectivity index (χ4n) is 3.84. The SMILES string of the molecule is CCc1ccccc1NC(=O)Cc1nnc(SCC(=O)N2CCc3ccccc3C2)n1C. The van der Waals surface area contributed by atoms with Crippen LogP contribution >= 0.6 is 11.8 Å². The molecule has 0 unspecified atom stereocenters. The van der Waals surface area contributed by atoms with Crippen LogP contribution in [0.25, 0.3) is 0 Å². The lowest BCUT2D eigenvalue weighted by molar-refractivity contribution is -0.129. The Morgan fingerprint density at radius 1 is 1.06 bits per heavy atom. The summed E-state index contributed by atoms with van der Waals surface area (Å²) >= 11 is 1.35. The Labute approximate surface area is 192 Å². The van der Waals surface area contributed by atoms with E-state index in [-0.39, 0.29) is 18.2 Å². The van der Waals surface area contributed by atoms with Crippen molar-refractivity contribution in [1.29, 1.82) is 0 Å². The zero-order valence-corrected chi connectivity index (χ0v) is 19.2. The van der Waals surface area contributed by atoms with Crippen molar-refractivity contribution < 1.29 is 9.59 Å². The number of nitrogens with one attached hydrogen (secondary N) is 1. The maximum absolute atomic E-state index is 12.7. The molecule has 4 rings (SSSR count). The van der Waals surface area contributed by atoms with E-state index in [4.69, 9.17) is 0 Å². The standard InChI is InChI=1S/C24H27N5O2S/c1-3-17-8-6-7-11-20(17)25-22(30)14-21-26-27-24(28(21)2)32-16-23(31)29-13-12-18-9-4-5-10-19(18)15-29/h4-11H,3,12-16H2,1-2H3,(H,25,30). The van der Waals surface area contributed by atoms with E-state index >= 15 is 0 Å². The van der Waals surface area contributed by atoms with Crippen LogP contribution in [0.1, 0.15) is 29.4 Å². The summed E-state index contributed by atoms with van der Waals surface area (Å²) in [5.41, 5.74) is 4.45. The number of hydrogen-bond donors (Lipinski definition) is 1. The highest BCUT2D eigenvalue weighted by Gasteiger charge is 2.21. The first-order valence-corrected chi connectivity index (χ1v) is 11.8. The number of rotatable bonds is 7. The first kappa shape index (κ1) is 22.1. The minimum atomic E-state index is -0.138. The topological polar surface area (TPSA) is 80.1 Å². The van der Waals surface area contributed by atoms with Gasteiger partial charge in [0, 0.05) is 25.8 Å². The normalized spacial score (nSPS) is 13.0. The molecule has 0 fully saturated rings. The molecule has 0 radical (unpaired) electrons. The summed E-state index contributed by atoms with van der Waals surface area (Å²) in [4.78, 5) is 27.1. The molecule has 1 aromatic heterocycles. The average Bonchev–Trinajstić information content (AvgIpc) is 3.16. The molecule has 0 spiro atoms. The van der Waals surface area contributed by atoms with Crippen LogP contribution in [0, 0.1) is 0 Å². The second-order valence-electron chi connectivity index (χ2n) is 7.82. The van der Waals surface area contributed by atoms with Gasteiger partial charge in [-0.15, -0.1) is 10.2 Å². The van der Waals surface area contributed by atoms with Crippen molar-refractivity contribution in [3.63, 3.8) is 0 Å². The van der Waals surface area contributed by atoms with Crippen LogP contribution in [0.4, 0.5) is 5.69 Å². The van der Waals surface area contributed by atoms with E-state index in [1.807, 2.05) is 48.3 Å². The molecule has 0 saturated carbocycles. The van der Waals surface area contributed by atoms with Crippen LogP contribution in [0.15, 0.2) is 53.7 Å². The Bertz CT molecular complexity index is 1130. The Balaban J connectivity index is 1.32. The second kappa shape index (κ2) is 9.99. The zero-order valence-electron chi connectivity index (χ0n) is 18.4. The highest BCUT2D eigenvalue weighted by Crippen LogP contribution is 2.22. The molecule has 8 heteroatoms. The van der Waals surface area contributed by atoms with Crippen LogP contribution < -0.4 is 5.32 Å². The second-order valence-corrected chi connectivity index (χ2v) is 8.76. The van der Waals surface area contributed by atoms with Gasteiger partial charge in [-0.1, -0.05) is 61.2 Å². The van der Waals surface area contributed by atoms with E-state index in [9.17, 15) is 9.59 Å². The molecule has 3 aromatic rings. The molecule has 0 atom stereocenters. The number of benzene rings is 2. The summed E-state index contributed by atoms with van der Waals surface area (Å²) in [6.07, 6.45) is 1.85. The Morgan fingerprint density at radius 3 is 2.62 bits per heavy atom. The highest BCUT2D eigenvalue weighted by molar-refractivity contribution is 7.99. The lowest BCUT2D eigenvalue weighted by atomic mass is 10.00. The summed E-state index contributed by atoms with van der Waals surface area (Å²) in [6, 6.07) is 16.0. The summed E-state index contributed by atoms with van der Waals surface area (Å²) in [5.74, 6) is 0.812. The maximum Gasteiger partial charge on any atom is 0.233 e. The van der Waals surface area contributed by atoms with E-state index in [0.717, 1.165) is 30.6 Å². The molecular formula is C24H27N5O2S. The van der Waals surface area contributed by atoms with Gasteiger partial charge in [-0.2, -0.15) is 0 Å². The van der Waals surface area contributed by atoms with Crippen LogP contribution in [0.5, 0.6) is 0 Å². The van der Waals surface area contributed by atoms with E-state index in [0.29, 0.717) is 23.3 Å². The molecule has 2 aromatic carbocycles. The molecule has 32 heavy (non-hydrogen) atoms. The lowest BCUT2D eigenvalue weighted by Gasteiger charge is -2.28. The molecule has 166 valence electrons. The van der Waals surface area contributed by atoms with Crippen molar-refractivity contribution in [2.75, 3.05) is 17.6 Å². The van der Waals surface area contributed by atoms with Gasteiger partial charge in [-0.05, 0) is 35.6 Å². The first-order valence-electron chi connectivity index (χ1n) is 10.8. The van der Waals surface area contributed by atoms with Crippen LogP contribution in [0.2, 0.25) is 0 Å². The maximum atomic E-state index is 12.7. The first-order chi connectivity index (χ1) is 15.5. The number of carbonyl (C=O) groups excluding carboxylic acids is 2. The van der Waals surface area contributed by atoms with Crippen molar-refractivity contribution in [3.05, 3.63) is 71.0 Å². The molecule has 2 amide bonds. The number of carbonyl (C=O) groups is 2. The van der Waals surface area contributed by atoms with Gasteiger partial charge < -0.3 is 14.8 Å². The molecule has 1 aliphatic rings. The Kier molecular flexibility index (Phi) is 6.90. The van der Waals surface area contributed by atoms with E-state index in [1.165, 1.54) is 22.9 Å². The summed E-state index contributed by atoms with van der Waals surface area (Å²) in [5, 5.41) is 11.9. The van der Waals surface area contributed by atoms with E-state index < -0.39 is 0 Å². The number of aromatic nitrogens is 3. The number of fused-ring (bicyclic) bond motifs is 1. The van der Waals surface area contributed by atoms with Crippen LogP contribution in [0.3, 0.4) is 0 Å². The van der Waals surface area contributed by atoms with Gasteiger partial charge in [0.25, 0.3) is 0 Å². The monoisotopic (exact) mass is 449 g/mol. The Morgan fingerprint density at radius 2 is 1.81 bits per heavy atom. The minimum absolute atomic E-state index is 0.0861. The third-order valence-corrected chi connectivity index (χ3v) is 6.73. The molecule has 0 bridgehead atoms. The molecule has 1 aliphatic heterocycles. The molecule has 0 saturated heterocycles. The van der Waals surface area contributed by atoms with Crippen LogP contribution in [-0.4, -0.2) is 43.8 Å². The van der Waals surface area contributed by atoms with E-state index in [1.54, 1.807) is 4.57 Å². The number of nitrogens with zero attached hydrogens (tertiary/aromatic N) is 4. The third-order valence-electron chi connectivity index (χ3n) is 5.72. The number of amides is 2. The van der Waals surface area contributed by atoms with Crippen molar-refractivity contribution in [1.82, 2.24) is 19.7 Å². The van der Waals surface area contributed by atoms with Crippen molar-refractivity contribution >= 4 is 29.3 Å². The minimum Gasteiger partial charge on any atom is -0.337 e. The molecule has 2 heterocycles. The van der Waals surface area contributed by atoms with Gasteiger partial charge in [0.05, 0.1) is 12.2 Å². The smallest absolute Gasteiger partial charge is 0.233 e. The quantitative estimate of drug-likeness (QED) is 0.560. The number of hydrogen-bond acceptors (Lipinski definition) is 5. The van der Waals surface area contributed by atoms with Gasteiger partial charge in [-0.25, -0.2) is 0 Å². The molecule has 0 aliphatic carbocycles. The van der Waals surface area contributed by atoms with Gasteiger partial charge in [0.1, 0.15) is 5.82 Å². The fourth-order valence-corrected chi connectivity index (χ4v) is 4.67. The van der Waals surface area contributed by atoms with Gasteiger partial charge in [-0.3, -0.25) is 9.59 Å². The van der Waals surface area contributed by atoms with Gasteiger partial charge in [0.15, 0.2) is 5.16 Å². The van der Waals surface area contributed by atoms with Crippen molar-refractivity contribution in [2.24, 2.45) is 7.05 Å². The lowest BCUT2D eigenvalue weighted by Crippen LogP contribution is -2.37. The largest absolute Gasteiger partial charge is 0.337 e. The van der Waals surface area contributed by atoms with Gasteiger partial charge >= 0.3 is 0 Å². The average molecular weight is 450 g/mol.